The number of anilines is 1. The van der Waals surface area contributed by atoms with Crippen molar-refractivity contribution in [2.45, 2.75) is 45.2 Å². The first-order valence-electron chi connectivity index (χ1n) is 13.2. The molecule has 0 spiro atoms. The number of rotatable bonds is 6. The Morgan fingerprint density at radius 1 is 1.00 bits per heavy atom. The summed E-state index contributed by atoms with van der Waals surface area (Å²) in [7, 11) is 0. The van der Waals surface area contributed by atoms with E-state index in [1.807, 2.05) is 49.4 Å². The average Bonchev–Trinajstić information content (AvgIpc) is 3.42. The molecule has 2 atom stereocenters. The van der Waals surface area contributed by atoms with Crippen LogP contribution in [-0.2, 0) is 11.2 Å². The molecule has 7 nitrogen and oxygen atoms in total. The van der Waals surface area contributed by atoms with Gasteiger partial charge >= 0.3 is 6.03 Å². The van der Waals surface area contributed by atoms with Gasteiger partial charge in [-0.2, -0.15) is 0 Å². The van der Waals surface area contributed by atoms with Gasteiger partial charge in [-0.1, -0.05) is 73.5 Å². The number of H-pyrrole nitrogens is 1. The van der Waals surface area contributed by atoms with Gasteiger partial charge in [0.05, 0.1) is 11.3 Å². The fourth-order valence-corrected chi connectivity index (χ4v) is 5.73. The molecule has 4 aromatic rings. The number of urea groups is 1. The Hall–Kier alpha value is -4.39. The van der Waals surface area contributed by atoms with Crippen LogP contribution in [-0.4, -0.2) is 40.3 Å². The molecule has 2 aliphatic rings. The number of aryl methyl sites for hydroxylation is 1. The third-order valence-corrected chi connectivity index (χ3v) is 7.65. The predicted molar refractivity (Wildman–Crippen MR) is 147 cm³/mol. The summed E-state index contributed by atoms with van der Waals surface area (Å²) in [5, 5.41) is 3.98. The minimum absolute atomic E-state index is 0.286. The summed E-state index contributed by atoms with van der Waals surface area (Å²) in [6.07, 6.45) is 2.22. The van der Waals surface area contributed by atoms with Crippen LogP contribution in [0.5, 0.6) is 0 Å². The summed E-state index contributed by atoms with van der Waals surface area (Å²) < 4.78 is 0. The maximum atomic E-state index is 14.1. The molecule has 0 unspecified atom stereocenters. The van der Waals surface area contributed by atoms with Crippen LogP contribution in [0.2, 0.25) is 0 Å². The Balaban J connectivity index is 1.45. The maximum Gasteiger partial charge on any atom is 0.332 e. The molecule has 3 aromatic carbocycles. The van der Waals surface area contributed by atoms with Crippen LogP contribution in [0, 0.1) is 6.92 Å². The number of benzene rings is 3. The summed E-state index contributed by atoms with van der Waals surface area (Å²) in [4.78, 5) is 47.6. The molecule has 7 heteroatoms. The second-order valence-corrected chi connectivity index (χ2v) is 10.1. The van der Waals surface area contributed by atoms with E-state index >= 15 is 0 Å². The van der Waals surface area contributed by atoms with Gasteiger partial charge in [0.2, 0.25) is 0 Å². The number of carbonyl (C=O) groups is 3. The molecule has 4 amide bonds. The fourth-order valence-electron chi connectivity index (χ4n) is 5.73. The normalized spacial score (nSPS) is 18.6. The number of aromatic amines is 1. The van der Waals surface area contributed by atoms with Crippen molar-refractivity contribution in [2.75, 3.05) is 11.4 Å². The second kappa shape index (κ2) is 9.49. The highest BCUT2D eigenvalue weighted by atomic mass is 16.2. The van der Waals surface area contributed by atoms with Crippen LogP contribution >= 0.6 is 0 Å². The zero-order valence-electron chi connectivity index (χ0n) is 21.5. The number of carbonyl (C=O) groups excluding carboxylic acids is 3. The van der Waals surface area contributed by atoms with Crippen molar-refractivity contribution in [1.29, 1.82) is 0 Å². The van der Waals surface area contributed by atoms with Gasteiger partial charge in [-0.05, 0) is 42.7 Å². The number of aromatic nitrogens is 1. The van der Waals surface area contributed by atoms with Crippen molar-refractivity contribution in [3.8, 4) is 0 Å². The van der Waals surface area contributed by atoms with Crippen molar-refractivity contribution in [3.63, 3.8) is 0 Å². The zero-order valence-corrected chi connectivity index (χ0v) is 21.5. The fraction of sp³-hybridized carbons (Fsp3) is 0.258. The van der Waals surface area contributed by atoms with E-state index in [4.69, 9.17) is 0 Å². The van der Waals surface area contributed by atoms with Gasteiger partial charge in [-0.15, -0.1) is 0 Å². The number of hydrogen-bond acceptors (Lipinski definition) is 3. The second-order valence-electron chi connectivity index (χ2n) is 10.1. The third kappa shape index (κ3) is 3.77. The van der Waals surface area contributed by atoms with Gasteiger partial charge in [0.25, 0.3) is 11.8 Å². The topological polar surface area (TPSA) is 85.5 Å². The Morgan fingerprint density at radius 3 is 2.53 bits per heavy atom. The lowest BCUT2D eigenvalue weighted by Crippen LogP contribution is -2.44. The molecule has 1 fully saturated rings. The maximum absolute atomic E-state index is 14.1. The Bertz CT molecular complexity index is 1560. The van der Waals surface area contributed by atoms with E-state index in [1.165, 1.54) is 4.90 Å². The van der Waals surface area contributed by atoms with E-state index in [-0.39, 0.29) is 11.8 Å². The SMILES string of the molecule is CCCCNC(=O)c1ccccc1N1C(=O)[C@@H]2Cc3c([nH]c4ccccc34)[C@@H](c3ccc(C)cc3)N2C1=O. The molecule has 0 saturated carbocycles. The number of imide groups is 1. The van der Waals surface area contributed by atoms with Crippen molar-refractivity contribution >= 4 is 34.4 Å². The number of para-hydroxylation sites is 2. The van der Waals surface area contributed by atoms with Crippen LogP contribution in [0.15, 0.2) is 72.8 Å². The zero-order chi connectivity index (χ0) is 26.4. The summed E-state index contributed by atoms with van der Waals surface area (Å²) in [6, 6.07) is 21.5. The van der Waals surface area contributed by atoms with E-state index in [0.717, 1.165) is 46.1 Å². The standard InChI is InChI=1S/C31H30N4O3/c1-3-4-17-32-29(36)22-10-6-8-12-25(22)35-30(37)26-18-23-21-9-5-7-11-24(21)33-27(23)28(34(26)31(35)38)20-15-13-19(2)14-16-20/h5-16,26,28,33H,3-4,17-18H2,1-2H3,(H,32,36)/t26-,28+/m0/s1. The van der Waals surface area contributed by atoms with Crippen molar-refractivity contribution in [1.82, 2.24) is 15.2 Å². The van der Waals surface area contributed by atoms with E-state index in [1.54, 1.807) is 29.2 Å². The van der Waals surface area contributed by atoms with Crippen LogP contribution < -0.4 is 10.2 Å². The molecule has 38 heavy (non-hydrogen) atoms. The lowest BCUT2D eigenvalue weighted by Gasteiger charge is -2.36. The highest BCUT2D eigenvalue weighted by Gasteiger charge is 2.53. The van der Waals surface area contributed by atoms with E-state index < -0.39 is 18.1 Å². The van der Waals surface area contributed by atoms with Crippen molar-refractivity contribution in [3.05, 3.63) is 101 Å². The molecule has 0 bridgehead atoms. The van der Waals surface area contributed by atoms with Gasteiger partial charge in [0.1, 0.15) is 12.1 Å². The van der Waals surface area contributed by atoms with Crippen LogP contribution in [0.3, 0.4) is 0 Å². The number of hydrogen-bond donors (Lipinski definition) is 2. The monoisotopic (exact) mass is 506 g/mol. The highest BCUT2D eigenvalue weighted by molar-refractivity contribution is 6.24. The molecule has 3 heterocycles. The number of amides is 4. The van der Waals surface area contributed by atoms with Gasteiger partial charge in [0, 0.05) is 29.6 Å². The Morgan fingerprint density at radius 2 is 1.74 bits per heavy atom. The lowest BCUT2D eigenvalue weighted by molar-refractivity contribution is -0.120. The molecule has 2 N–H and O–H groups in total. The summed E-state index contributed by atoms with van der Waals surface area (Å²) >= 11 is 0. The summed E-state index contributed by atoms with van der Waals surface area (Å²) in [5.74, 6) is -0.595. The summed E-state index contributed by atoms with van der Waals surface area (Å²) in [5.41, 5.74) is 5.67. The van der Waals surface area contributed by atoms with E-state index in [0.29, 0.717) is 24.2 Å². The number of nitrogens with zero attached hydrogens (tertiary/aromatic N) is 2. The number of unbranched alkanes of at least 4 members (excludes halogenated alkanes) is 1. The van der Waals surface area contributed by atoms with Gasteiger partial charge < -0.3 is 10.3 Å². The van der Waals surface area contributed by atoms with E-state index in [9.17, 15) is 14.4 Å². The number of fused-ring (bicyclic) bond motifs is 4. The minimum atomic E-state index is -0.670. The van der Waals surface area contributed by atoms with Crippen LogP contribution in [0.25, 0.3) is 10.9 Å². The first-order chi connectivity index (χ1) is 18.5. The van der Waals surface area contributed by atoms with E-state index in [2.05, 4.69) is 23.3 Å². The molecule has 6 rings (SSSR count). The molecular weight excluding hydrogens is 476 g/mol. The molecule has 192 valence electrons. The highest BCUT2D eigenvalue weighted by Crippen LogP contribution is 2.45. The first-order valence-corrected chi connectivity index (χ1v) is 13.2. The molecule has 1 saturated heterocycles. The molecule has 0 aliphatic carbocycles. The van der Waals surface area contributed by atoms with Crippen LogP contribution in [0.4, 0.5) is 10.5 Å². The molecular formula is C31H30N4O3. The number of nitrogens with one attached hydrogen (secondary N) is 2. The first kappa shape index (κ1) is 24.0. The molecule has 2 aliphatic heterocycles. The Kier molecular flexibility index (Phi) is 5.98. The van der Waals surface area contributed by atoms with Crippen molar-refractivity contribution < 1.29 is 14.4 Å². The molecule has 1 aromatic heterocycles. The quantitative estimate of drug-likeness (QED) is 0.268. The lowest BCUT2D eigenvalue weighted by atomic mass is 9.88. The largest absolute Gasteiger partial charge is 0.356 e. The minimum Gasteiger partial charge on any atom is -0.356 e. The molecule has 0 radical (unpaired) electrons. The third-order valence-electron chi connectivity index (χ3n) is 7.65. The predicted octanol–water partition coefficient (Wildman–Crippen LogP) is 5.49. The summed E-state index contributed by atoms with van der Waals surface area (Å²) in [6.45, 7) is 4.62. The van der Waals surface area contributed by atoms with Gasteiger partial charge in [0.15, 0.2) is 0 Å². The average molecular weight is 507 g/mol. The van der Waals surface area contributed by atoms with Crippen LogP contribution in [0.1, 0.15) is 58.5 Å². The van der Waals surface area contributed by atoms with Gasteiger partial charge in [-0.25, -0.2) is 9.69 Å². The van der Waals surface area contributed by atoms with Gasteiger partial charge in [-0.3, -0.25) is 14.5 Å². The Labute approximate surface area is 221 Å². The smallest absolute Gasteiger partial charge is 0.332 e. The van der Waals surface area contributed by atoms with Crippen molar-refractivity contribution in [2.24, 2.45) is 0 Å².